The summed E-state index contributed by atoms with van der Waals surface area (Å²) in [5.41, 5.74) is 1.12. The Hall–Kier alpha value is -1.26. The van der Waals surface area contributed by atoms with Crippen molar-refractivity contribution >= 4 is 40.8 Å². The number of ether oxygens (including phenoxy) is 1. The molecule has 0 fully saturated rings. The van der Waals surface area contributed by atoms with Crippen LogP contribution in [0.5, 0.6) is 0 Å². The smallest absolute Gasteiger partial charge is 0.308 e. The molecule has 19 heavy (non-hydrogen) atoms. The summed E-state index contributed by atoms with van der Waals surface area (Å²) in [6.07, 6.45) is 0. The van der Waals surface area contributed by atoms with E-state index >= 15 is 0 Å². The number of rotatable bonds is 4. The predicted molar refractivity (Wildman–Crippen MR) is 75.6 cm³/mol. The average molecular weight is 304 g/mol. The molecular weight excluding hydrogens is 289 g/mol. The number of hydrogen-bond donors (Lipinski definition) is 1. The minimum atomic E-state index is -0.483. The number of nitrogens with one attached hydrogen (secondary N) is 1. The van der Waals surface area contributed by atoms with Crippen LogP contribution in [-0.4, -0.2) is 18.5 Å². The molecule has 0 aromatic heterocycles. The molecule has 1 N–H and O–H groups in total. The van der Waals surface area contributed by atoms with Crippen LogP contribution in [0.2, 0.25) is 10.0 Å². The molecule has 0 heterocycles. The fourth-order valence-electron chi connectivity index (χ4n) is 1.25. The molecule has 1 aromatic rings. The Kier molecular flexibility index (Phi) is 5.63. The van der Waals surface area contributed by atoms with Gasteiger partial charge in [0.15, 0.2) is 6.61 Å². The van der Waals surface area contributed by atoms with Crippen molar-refractivity contribution in [1.29, 1.82) is 0 Å². The van der Waals surface area contributed by atoms with Crippen LogP contribution in [0.4, 0.5) is 5.69 Å². The topological polar surface area (TPSA) is 55.4 Å². The fraction of sp³-hybridized carbons (Fsp3) is 0.385. The summed E-state index contributed by atoms with van der Waals surface area (Å²) >= 11 is 12.0. The first kappa shape index (κ1) is 15.8. The Morgan fingerprint density at radius 3 is 2.53 bits per heavy atom. The highest BCUT2D eigenvalue weighted by atomic mass is 35.5. The third kappa shape index (κ3) is 4.40. The van der Waals surface area contributed by atoms with Gasteiger partial charge in [-0.2, -0.15) is 0 Å². The third-order valence-corrected chi connectivity index (χ3v) is 3.17. The molecule has 1 rings (SSSR count). The molecule has 0 unspecified atom stereocenters. The molecule has 1 aromatic carbocycles. The van der Waals surface area contributed by atoms with Crippen molar-refractivity contribution in [3.05, 3.63) is 27.7 Å². The number of aryl methyl sites for hydroxylation is 1. The molecule has 0 radical (unpaired) electrons. The van der Waals surface area contributed by atoms with Crippen LogP contribution in [0.15, 0.2) is 12.1 Å². The van der Waals surface area contributed by atoms with Crippen LogP contribution in [0.25, 0.3) is 0 Å². The Morgan fingerprint density at radius 1 is 1.32 bits per heavy atom. The molecular formula is C13H15Cl2NO3. The lowest BCUT2D eigenvalue weighted by atomic mass is 10.2. The number of anilines is 1. The number of esters is 1. The van der Waals surface area contributed by atoms with Crippen molar-refractivity contribution < 1.29 is 14.3 Å². The molecule has 0 aliphatic rings. The summed E-state index contributed by atoms with van der Waals surface area (Å²) in [7, 11) is 0. The molecule has 0 bridgehead atoms. The molecule has 1 amide bonds. The summed E-state index contributed by atoms with van der Waals surface area (Å²) < 4.78 is 4.81. The first-order chi connectivity index (χ1) is 8.82. The van der Waals surface area contributed by atoms with Gasteiger partial charge in [0.05, 0.1) is 21.7 Å². The van der Waals surface area contributed by atoms with Gasteiger partial charge in [-0.1, -0.05) is 43.1 Å². The normalized spacial score (nSPS) is 10.4. The lowest BCUT2D eigenvalue weighted by Gasteiger charge is -2.11. The number of carbonyl (C=O) groups is 2. The molecule has 0 saturated heterocycles. The zero-order chi connectivity index (χ0) is 14.6. The number of amides is 1. The summed E-state index contributed by atoms with van der Waals surface area (Å²) in [6, 6.07) is 3.39. The first-order valence-electron chi connectivity index (χ1n) is 5.74. The number of carbonyl (C=O) groups excluding carboxylic acids is 2. The molecule has 4 nitrogen and oxygen atoms in total. The molecule has 0 spiro atoms. The zero-order valence-electron chi connectivity index (χ0n) is 10.9. The lowest BCUT2D eigenvalue weighted by Crippen LogP contribution is -2.23. The van der Waals surface area contributed by atoms with E-state index in [1.807, 2.05) is 0 Å². The minimum Gasteiger partial charge on any atom is -0.455 e. The van der Waals surface area contributed by atoms with E-state index in [-0.39, 0.29) is 12.5 Å². The van der Waals surface area contributed by atoms with Gasteiger partial charge in [0.1, 0.15) is 0 Å². The maximum Gasteiger partial charge on any atom is 0.308 e. The van der Waals surface area contributed by atoms with Crippen molar-refractivity contribution in [1.82, 2.24) is 0 Å². The Balaban J connectivity index is 2.68. The van der Waals surface area contributed by atoms with E-state index in [0.717, 1.165) is 5.56 Å². The second-order valence-corrected chi connectivity index (χ2v) is 5.15. The van der Waals surface area contributed by atoms with Gasteiger partial charge in [0, 0.05) is 0 Å². The maximum absolute atomic E-state index is 11.6. The molecule has 0 saturated carbocycles. The van der Waals surface area contributed by atoms with Gasteiger partial charge in [0.25, 0.3) is 5.91 Å². The van der Waals surface area contributed by atoms with Gasteiger partial charge in [-0.3, -0.25) is 9.59 Å². The Morgan fingerprint density at radius 2 is 1.95 bits per heavy atom. The number of benzene rings is 1. The zero-order valence-corrected chi connectivity index (χ0v) is 12.4. The molecule has 0 atom stereocenters. The van der Waals surface area contributed by atoms with E-state index in [1.54, 1.807) is 32.9 Å². The molecule has 6 heteroatoms. The van der Waals surface area contributed by atoms with Gasteiger partial charge >= 0.3 is 5.97 Å². The number of halogens is 2. The van der Waals surface area contributed by atoms with E-state index in [9.17, 15) is 9.59 Å². The summed E-state index contributed by atoms with van der Waals surface area (Å²) in [6.45, 7) is 4.81. The van der Waals surface area contributed by atoms with Crippen molar-refractivity contribution in [3.8, 4) is 0 Å². The summed E-state index contributed by atoms with van der Waals surface area (Å²) in [5, 5.41) is 3.24. The summed E-state index contributed by atoms with van der Waals surface area (Å²) in [5.74, 6) is -1.20. The Labute approximate surface area is 122 Å². The SMILES string of the molecule is Cc1ccc(Cl)c(NC(=O)COC(=O)C(C)C)c1Cl. The Bertz CT molecular complexity index is 501. The van der Waals surface area contributed by atoms with Crippen LogP contribution in [0.3, 0.4) is 0 Å². The van der Waals surface area contributed by atoms with Gasteiger partial charge in [0.2, 0.25) is 0 Å². The van der Waals surface area contributed by atoms with Crippen molar-refractivity contribution in [2.75, 3.05) is 11.9 Å². The fourth-order valence-corrected chi connectivity index (χ4v) is 1.72. The third-order valence-electron chi connectivity index (χ3n) is 2.37. The quantitative estimate of drug-likeness (QED) is 0.867. The van der Waals surface area contributed by atoms with E-state index in [0.29, 0.717) is 15.7 Å². The van der Waals surface area contributed by atoms with Gasteiger partial charge in [-0.25, -0.2) is 0 Å². The predicted octanol–water partition coefficient (Wildman–Crippen LogP) is 3.44. The van der Waals surface area contributed by atoms with E-state index in [2.05, 4.69) is 5.32 Å². The van der Waals surface area contributed by atoms with Crippen molar-refractivity contribution in [2.45, 2.75) is 20.8 Å². The van der Waals surface area contributed by atoms with Crippen LogP contribution >= 0.6 is 23.2 Å². The van der Waals surface area contributed by atoms with Gasteiger partial charge in [-0.15, -0.1) is 0 Å². The number of hydrogen-bond acceptors (Lipinski definition) is 3. The van der Waals surface area contributed by atoms with Crippen LogP contribution in [0, 0.1) is 12.8 Å². The van der Waals surface area contributed by atoms with Gasteiger partial charge in [-0.05, 0) is 18.6 Å². The second-order valence-electron chi connectivity index (χ2n) is 4.36. The van der Waals surface area contributed by atoms with Crippen molar-refractivity contribution in [2.24, 2.45) is 5.92 Å². The van der Waals surface area contributed by atoms with Crippen LogP contribution < -0.4 is 5.32 Å². The van der Waals surface area contributed by atoms with E-state index < -0.39 is 11.9 Å². The highest BCUT2D eigenvalue weighted by Gasteiger charge is 2.14. The highest BCUT2D eigenvalue weighted by Crippen LogP contribution is 2.32. The molecule has 104 valence electrons. The van der Waals surface area contributed by atoms with Gasteiger partial charge < -0.3 is 10.1 Å². The van der Waals surface area contributed by atoms with E-state index in [1.165, 1.54) is 0 Å². The highest BCUT2D eigenvalue weighted by molar-refractivity contribution is 6.40. The van der Waals surface area contributed by atoms with Crippen molar-refractivity contribution in [3.63, 3.8) is 0 Å². The maximum atomic E-state index is 11.6. The standard InChI is InChI=1S/C13H15Cl2NO3/c1-7(2)13(18)19-6-10(17)16-12-9(14)5-4-8(3)11(12)15/h4-5,7H,6H2,1-3H3,(H,16,17). The van der Waals surface area contributed by atoms with E-state index in [4.69, 9.17) is 27.9 Å². The molecule has 0 aliphatic heterocycles. The minimum absolute atomic E-state index is 0.279. The lowest BCUT2D eigenvalue weighted by molar-refractivity contribution is -0.150. The van der Waals surface area contributed by atoms with Crippen LogP contribution in [-0.2, 0) is 14.3 Å². The van der Waals surface area contributed by atoms with Crippen LogP contribution in [0.1, 0.15) is 19.4 Å². The average Bonchev–Trinajstić information content (AvgIpc) is 2.36. The first-order valence-corrected chi connectivity index (χ1v) is 6.49. The molecule has 0 aliphatic carbocycles. The monoisotopic (exact) mass is 303 g/mol. The summed E-state index contributed by atoms with van der Waals surface area (Å²) in [4.78, 5) is 22.9. The second kappa shape index (κ2) is 6.78. The largest absolute Gasteiger partial charge is 0.455 e.